The van der Waals surface area contributed by atoms with E-state index in [1.54, 1.807) is 0 Å². The second kappa shape index (κ2) is 7.10. The largest absolute Gasteiger partial charge is 0.341 e. The molecule has 20 heavy (non-hydrogen) atoms. The molecule has 3 aliphatic rings. The third kappa shape index (κ3) is 3.29. The van der Waals surface area contributed by atoms with Gasteiger partial charge >= 0.3 is 0 Å². The fraction of sp³-hybridized carbons (Fsp3) is 0.933. The summed E-state index contributed by atoms with van der Waals surface area (Å²) in [6.07, 6.45) is 7.21. The lowest BCUT2D eigenvalue weighted by Crippen LogP contribution is -2.57. The van der Waals surface area contributed by atoms with Gasteiger partial charge in [0.1, 0.15) is 0 Å². The fourth-order valence-corrected chi connectivity index (χ4v) is 4.14. The van der Waals surface area contributed by atoms with E-state index in [0.717, 1.165) is 32.1 Å². The molecule has 5 heteroatoms. The number of carbonyl (C=O) groups excluding carboxylic acids is 1. The Morgan fingerprint density at radius 1 is 1.10 bits per heavy atom. The first-order chi connectivity index (χ1) is 9.25. The van der Waals surface area contributed by atoms with Crippen molar-refractivity contribution >= 4 is 18.3 Å². The van der Waals surface area contributed by atoms with E-state index in [-0.39, 0.29) is 18.4 Å². The number of amides is 1. The highest BCUT2D eigenvalue weighted by atomic mass is 35.5. The van der Waals surface area contributed by atoms with Gasteiger partial charge in [-0.3, -0.25) is 4.79 Å². The maximum Gasteiger partial charge on any atom is 0.239 e. The van der Waals surface area contributed by atoms with Gasteiger partial charge in [-0.25, -0.2) is 0 Å². The number of halogens is 1. The molecule has 1 N–H and O–H groups in total. The molecule has 0 aromatic carbocycles. The molecule has 0 aliphatic carbocycles. The monoisotopic (exact) mass is 301 g/mol. The molecule has 4 nitrogen and oxygen atoms in total. The molecule has 3 heterocycles. The summed E-state index contributed by atoms with van der Waals surface area (Å²) in [6, 6.07) is 0.823. The Kier molecular flexibility index (Phi) is 5.70. The Morgan fingerprint density at radius 3 is 2.70 bits per heavy atom. The van der Waals surface area contributed by atoms with Crippen LogP contribution in [0.25, 0.3) is 0 Å². The molecule has 2 unspecified atom stereocenters. The highest BCUT2D eigenvalue weighted by molar-refractivity contribution is 5.85. The van der Waals surface area contributed by atoms with E-state index in [1.165, 1.54) is 38.6 Å². The number of nitrogens with zero attached hydrogens (tertiary/aromatic N) is 2. The van der Waals surface area contributed by atoms with Crippen LogP contribution < -0.4 is 5.32 Å². The molecule has 3 fully saturated rings. The smallest absolute Gasteiger partial charge is 0.239 e. The molecule has 0 spiro atoms. The highest BCUT2D eigenvalue weighted by Gasteiger charge is 2.37. The third-order valence-corrected chi connectivity index (χ3v) is 5.27. The van der Waals surface area contributed by atoms with Crippen LogP contribution >= 0.6 is 12.4 Å². The maximum atomic E-state index is 12.6. The van der Waals surface area contributed by atoms with Crippen LogP contribution in [0.5, 0.6) is 0 Å². The van der Waals surface area contributed by atoms with Gasteiger partial charge in [0.15, 0.2) is 0 Å². The predicted octanol–water partition coefficient (Wildman–Crippen LogP) is 1.49. The van der Waals surface area contributed by atoms with Gasteiger partial charge in [-0.15, -0.1) is 12.4 Å². The maximum absolute atomic E-state index is 12.6. The van der Waals surface area contributed by atoms with Crippen molar-refractivity contribution in [2.24, 2.45) is 5.92 Å². The minimum Gasteiger partial charge on any atom is -0.341 e. The number of hydrogen-bond donors (Lipinski definition) is 1. The number of rotatable bonds is 1. The summed E-state index contributed by atoms with van der Waals surface area (Å²) in [7, 11) is 2.25. The molecule has 3 aliphatic heterocycles. The lowest BCUT2D eigenvalue weighted by Gasteiger charge is -2.46. The average molecular weight is 302 g/mol. The zero-order valence-electron chi connectivity index (χ0n) is 12.5. The SMILES string of the molecule is CN1CCCC2CN(C(=O)[C@H]3CCCCN3)CCC21.Cl. The Balaban J connectivity index is 0.00000147. The van der Waals surface area contributed by atoms with E-state index in [2.05, 4.69) is 22.2 Å². The van der Waals surface area contributed by atoms with Gasteiger partial charge in [0.05, 0.1) is 6.04 Å². The minimum absolute atomic E-state index is 0. The quantitative estimate of drug-likeness (QED) is 0.797. The fourth-order valence-electron chi connectivity index (χ4n) is 4.14. The normalized spacial score (nSPS) is 35.0. The van der Waals surface area contributed by atoms with Crippen LogP contribution in [0.3, 0.4) is 0 Å². The molecular formula is C15H28ClN3O. The summed E-state index contributed by atoms with van der Waals surface area (Å²) in [5, 5.41) is 3.40. The van der Waals surface area contributed by atoms with Crippen LogP contribution in [0.1, 0.15) is 38.5 Å². The summed E-state index contributed by atoms with van der Waals surface area (Å²) in [6.45, 7) is 4.20. The van der Waals surface area contributed by atoms with Crippen LogP contribution in [-0.4, -0.2) is 61.0 Å². The predicted molar refractivity (Wildman–Crippen MR) is 83.2 cm³/mol. The molecule has 0 aromatic heterocycles. The van der Waals surface area contributed by atoms with Gasteiger partial charge < -0.3 is 15.1 Å². The molecule has 116 valence electrons. The van der Waals surface area contributed by atoms with E-state index < -0.39 is 0 Å². The number of piperidine rings is 3. The van der Waals surface area contributed by atoms with Crippen molar-refractivity contribution in [3.63, 3.8) is 0 Å². The third-order valence-electron chi connectivity index (χ3n) is 5.27. The Hall–Kier alpha value is -0.320. The lowest BCUT2D eigenvalue weighted by atomic mass is 9.84. The van der Waals surface area contributed by atoms with E-state index in [9.17, 15) is 4.79 Å². The van der Waals surface area contributed by atoms with Gasteiger partial charge in [0.25, 0.3) is 0 Å². The van der Waals surface area contributed by atoms with Gasteiger partial charge in [0, 0.05) is 19.1 Å². The number of fused-ring (bicyclic) bond motifs is 1. The summed E-state index contributed by atoms with van der Waals surface area (Å²) in [5.74, 6) is 1.08. The number of nitrogens with one attached hydrogen (secondary N) is 1. The Labute approximate surface area is 128 Å². The van der Waals surface area contributed by atoms with Crippen molar-refractivity contribution in [1.29, 1.82) is 0 Å². The molecule has 0 aromatic rings. The molecule has 3 atom stereocenters. The second-order valence-electron chi connectivity index (χ2n) is 6.53. The van der Waals surface area contributed by atoms with Gasteiger partial charge in [-0.05, 0) is 58.2 Å². The van der Waals surface area contributed by atoms with Crippen LogP contribution in [0.4, 0.5) is 0 Å². The summed E-state index contributed by atoms with van der Waals surface area (Å²) < 4.78 is 0. The first-order valence-corrected chi connectivity index (χ1v) is 7.98. The number of hydrogen-bond acceptors (Lipinski definition) is 3. The molecule has 3 saturated heterocycles. The Bertz CT molecular complexity index is 333. The van der Waals surface area contributed by atoms with Crippen molar-refractivity contribution < 1.29 is 4.79 Å². The van der Waals surface area contributed by atoms with Crippen LogP contribution in [0.15, 0.2) is 0 Å². The van der Waals surface area contributed by atoms with Crippen LogP contribution in [0.2, 0.25) is 0 Å². The van der Waals surface area contributed by atoms with Crippen molar-refractivity contribution in [3.05, 3.63) is 0 Å². The summed E-state index contributed by atoms with van der Waals surface area (Å²) >= 11 is 0. The van der Waals surface area contributed by atoms with Gasteiger partial charge in [-0.1, -0.05) is 6.42 Å². The van der Waals surface area contributed by atoms with Crippen molar-refractivity contribution in [2.75, 3.05) is 33.2 Å². The standard InChI is InChI=1S/C15H27N3O.ClH/c1-17-9-4-5-12-11-18(10-7-14(12)17)15(19)13-6-2-3-8-16-13;/h12-14,16H,2-11H2,1H3;1H/t12?,13-,14?;/m1./s1. The van der Waals surface area contributed by atoms with E-state index >= 15 is 0 Å². The molecular weight excluding hydrogens is 274 g/mol. The zero-order valence-corrected chi connectivity index (χ0v) is 13.3. The summed E-state index contributed by atoms with van der Waals surface area (Å²) in [4.78, 5) is 17.2. The van der Waals surface area contributed by atoms with E-state index in [4.69, 9.17) is 0 Å². The lowest BCUT2D eigenvalue weighted by molar-refractivity contribution is -0.137. The summed E-state index contributed by atoms with van der Waals surface area (Å²) in [5.41, 5.74) is 0. The van der Waals surface area contributed by atoms with Crippen LogP contribution in [-0.2, 0) is 4.79 Å². The zero-order chi connectivity index (χ0) is 13.2. The molecule has 0 radical (unpaired) electrons. The Morgan fingerprint density at radius 2 is 1.95 bits per heavy atom. The average Bonchev–Trinajstić information content (AvgIpc) is 2.47. The van der Waals surface area contributed by atoms with Gasteiger partial charge in [0.2, 0.25) is 5.91 Å². The second-order valence-corrected chi connectivity index (χ2v) is 6.53. The molecule has 1 amide bonds. The topological polar surface area (TPSA) is 35.6 Å². The van der Waals surface area contributed by atoms with Crippen LogP contribution in [0, 0.1) is 5.92 Å². The van der Waals surface area contributed by atoms with Crippen molar-refractivity contribution in [1.82, 2.24) is 15.1 Å². The van der Waals surface area contributed by atoms with Crippen molar-refractivity contribution in [2.45, 2.75) is 50.6 Å². The van der Waals surface area contributed by atoms with E-state index in [1.807, 2.05) is 0 Å². The van der Waals surface area contributed by atoms with Crippen molar-refractivity contribution in [3.8, 4) is 0 Å². The first kappa shape index (κ1) is 16.1. The van der Waals surface area contributed by atoms with Gasteiger partial charge in [-0.2, -0.15) is 0 Å². The van der Waals surface area contributed by atoms with E-state index in [0.29, 0.717) is 11.8 Å². The number of carbonyl (C=O) groups is 1. The minimum atomic E-state index is 0. The molecule has 0 saturated carbocycles. The molecule has 3 rings (SSSR count). The molecule has 0 bridgehead atoms. The number of likely N-dealkylation sites (tertiary alicyclic amines) is 2. The first-order valence-electron chi connectivity index (χ1n) is 7.98. The highest BCUT2D eigenvalue weighted by Crippen LogP contribution is 2.30.